The highest BCUT2D eigenvalue weighted by molar-refractivity contribution is 7.12. The Morgan fingerprint density at radius 2 is 2.36 bits per heavy atom. The molecule has 0 radical (unpaired) electrons. The van der Waals surface area contributed by atoms with Crippen molar-refractivity contribution in [2.45, 2.75) is 18.8 Å². The second-order valence-electron chi connectivity index (χ2n) is 2.84. The van der Waals surface area contributed by atoms with Crippen LogP contribution in [0, 0.1) is 0 Å². The minimum atomic E-state index is -0.276. The van der Waals surface area contributed by atoms with Gasteiger partial charge < -0.3 is 5.73 Å². The zero-order chi connectivity index (χ0) is 7.84. The Morgan fingerprint density at radius 3 is 2.91 bits per heavy atom. The highest BCUT2D eigenvalue weighted by atomic mass is 32.1. The summed E-state index contributed by atoms with van der Waals surface area (Å²) in [5, 5.41) is 1.94. The number of rotatable bonds is 2. The Balaban J connectivity index is 2.37. The van der Waals surface area contributed by atoms with Crippen LogP contribution in [0.2, 0.25) is 0 Å². The van der Waals surface area contributed by atoms with Crippen molar-refractivity contribution in [2.75, 3.05) is 0 Å². The van der Waals surface area contributed by atoms with E-state index in [1.165, 1.54) is 29.7 Å². The van der Waals surface area contributed by atoms with Gasteiger partial charge in [0.2, 0.25) is 0 Å². The minimum absolute atomic E-state index is 0.276. The first-order valence-corrected chi connectivity index (χ1v) is 4.54. The van der Waals surface area contributed by atoms with Gasteiger partial charge in [-0.15, -0.1) is 11.3 Å². The first-order valence-electron chi connectivity index (χ1n) is 3.66. The number of primary amides is 1. The van der Waals surface area contributed by atoms with Gasteiger partial charge in [0, 0.05) is 0 Å². The predicted octanol–water partition coefficient (Wildman–Crippen LogP) is 1.72. The van der Waals surface area contributed by atoms with Gasteiger partial charge in [-0.25, -0.2) is 0 Å². The van der Waals surface area contributed by atoms with Crippen molar-refractivity contribution in [1.29, 1.82) is 0 Å². The van der Waals surface area contributed by atoms with Gasteiger partial charge in [-0.3, -0.25) is 4.79 Å². The summed E-state index contributed by atoms with van der Waals surface area (Å²) in [6, 6.07) is 2.02. The van der Waals surface area contributed by atoms with Crippen molar-refractivity contribution in [1.82, 2.24) is 0 Å². The third kappa shape index (κ3) is 1.16. The Morgan fingerprint density at radius 1 is 1.64 bits per heavy atom. The van der Waals surface area contributed by atoms with Crippen LogP contribution in [0.25, 0.3) is 0 Å². The number of carbonyl (C=O) groups is 1. The monoisotopic (exact) mass is 167 g/mol. The molecule has 0 atom stereocenters. The molecular formula is C8H9NOS. The van der Waals surface area contributed by atoms with E-state index in [0.717, 1.165) is 4.88 Å². The molecule has 1 fully saturated rings. The molecule has 1 heterocycles. The van der Waals surface area contributed by atoms with Gasteiger partial charge in [0.25, 0.3) is 5.91 Å². The summed E-state index contributed by atoms with van der Waals surface area (Å²) in [4.78, 5) is 11.6. The molecule has 1 aliphatic carbocycles. The largest absolute Gasteiger partial charge is 0.365 e. The van der Waals surface area contributed by atoms with Crippen molar-refractivity contribution < 1.29 is 4.79 Å². The smallest absolute Gasteiger partial charge is 0.259 e. The molecule has 3 heteroatoms. The number of hydrogen-bond acceptors (Lipinski definition) is 2. The number of hydrogen-bond donors (Lipinski definition) is 1. The molecule has 11 heavy (non-hydrogen) atoms. The number of amides is 1. The number of carbonyl (C=O) groups excluding carboxylic acids is 1. The molecule has 0 bridgehead atoms. The van der Waals surface area contributed by atoms with Gasteiger partial charge in [0.05, 0.1) is 4.88 Å². The molecule has 1 amide bonds. The number of nitrogens with two attached hydrogens (primary N) is 1. The Labute approximate surface area is 69.0 Å². The average molecular weight is 167 g/mol. The molecule has 2 nitrogen and oxygen atoms in total. The van der Waals surface area contributed by atoms with E-state index in [9.17, 15) is 4.79 Å². The van der Waals surface area contributed by atoms with Gasteiger partial charge >= 0.3 is 0 Å². The van der Waals surface area contributed by atoms with Crippen LogP contribution in [0.1, 0.15) is 34.0 Å². The molecule has 1 aliphatic rings. The molecule has 0 aliphatic heterocycles. The Kier molecular flexibility index (Phi) is 1.46. The van der Waals surface area contributed by atoms with Crippen LogP contribution in [0.15, 0.2) is 11.4 Å². The normalized spacial score (nSPS) is 16.7. The van der Waals surface area contributed by atoms with Crippen LogP contribution < -0.4 is 5.73 Å². The summed E-state index contributed by atoms with van der Waals surface area (Å²) in [5.41, 5.74) is 6.37. The van der Waals surface area contributed by atoms with Gasteiger partial charge in [-0.1, -0.05) is 0 Å². The zero-order valence-electron chi connectivity index (χ0n) is 6.04. The lowest BCUT2D eigenvalue weighted by molar-refractivity contribution is 0.100. The lowest BCUT2D eigenvalue weighted by Crippen LogP contribution is -2.10. The van der Waals surface area contributed by atoms with Crippen molar-refractivity contribution >= 4 is 17.2 Å². The van der Waals surface area contributed by atoms with Crippen LogP contribution in [-0.2, 0) is 0 Å². The van der Waals surface area contributed by atoms with E-state index in [4.69, 9.17) is 5.73 Å². The molecule has 0 saturated heterocycles. The molecule has 0 unspecified atom stereocenters. The highest BCUT2D eigenvalue weighted by Gasteiger charge is 2.27. The average Bonchev–Trinajstić information content (AvgIpc) is 2.68. The van der Waals surface area contributed by atoms with Crippen LogP contribution in [-0.4, -0.2) is 5.91 Å². The van der Waals surface area contributed by atoms with E-state index >= 15 is 0 Å². The van der Waals surface area contributed by atoms with E-state index in [2.05, 4.69) is 0 Å². The maximum Gasteiger partial charge on any atom is 0.259 e. The summed E-state index contributed by atoms with van der Waals surface area (Å²) in [7, 11) is 0. The summed E-state index contributed by atoms with van der Waals surface area (Å²) < 4.78 is 0. The zero-order valence-corrected chi connectivity index (χ0v) is 6.86. The second kappa shape index (κ2) is 2.34. The van der Waals surface area contributed by atoms with Gasteiger partial charge in [0.15, 0.2) is 0 Å². The first-order chi connectivity index (χ1) is 5.29. The quantitative estimate of drug-likeness (QED) is 0.716. The molecule has 1 aromatic rings. The highest BCUT2D eigenvalue weighted by Crippen LogP contribution is 2.42. The van der Waals surface area contributed by atoms with Crippen molar-refractivity contribution in [3.05, 3.63) is 21.9 Å². The van der Waals surface area contributed by atoms with Crippen LogP contribution in [0.4, 0.5) is 0 Å². The molecule has 1 saturated carbocycles. The van der Waals surface area contributed by atoms with Gasteiger partial charge in [0.1, 0.15) is 0 Å². The van der Waals surface area contributed by atoms with Crippen molar-refractivity contribution in [3.63, 3.8) is 0 Å². The molecule has 0 aromatic carbocycles. The Bertz CT molecular complexity index is 288. The fourth-order valence-corrected chi connectivity index (χ4v) is 2.07. The van der Waals surface area contributed by atoms with Gasteiger partial charge in [-0.2, -0.15) is 0 Å². The van der Waals surface area contributed by atoms with Crippen LogP contribution in [0.5, 0.6) is 0 Å². The Hall–Kier alpha value is -0.830. The fourth-order valence-electron chi connectivity index (χ4n) is 1.24. The third-order valence-electron chi connectivity index (χ3n) is 1.94. The SMILES string of the molecule is NC(=O)c1sccc1C1CC1. The van der Waals surface area contributed by atoms with Crippen LogP contribution >= 0.6 is 11.3 Å². The van der Waals surface area contributed by atoms with Crippen LogP contribution in [0.3, 0.4) is 0 Å². The van der Waals surface area contributed by atoms with Gasteiger partial charge in [-0.05, 0) is 35.8 Å². The molecule has 0 spiro atoms. The standard InChI is InChI=1S/C8H9NOS/c9-8(10)7-6(3-4-11-7)5-1-2-5/h3-5H,1-2H2,(H2,9,10). The van der Waals surface area contributed by atoms with E-state index in [1.807, 2.05) is 11.4 Å². The molecule has 1 aromatic heterocycles. The lowest BCUT2D eigenvalue weighted by atomic mass is 10.1. The summed E-state index contributed by atoms with van der Waals surface area (Å²) >= 11 is 1.45. The fraction of sp³-hybridized carbons (Fsp3) is 0.375. The van der Waals surface area contributed by atoms with E-state index < -0.39 is 0 Å². The molecule has 58 valence electrons. The van der Waals surface area contributed by atoms with E-state index in [0.29, 0.717) is 5.92 Å². The summed E-state index contributed by atoms with van der Waals surface area (Å²) in [6.07, 6.45) is 2.44. The molecular weight excluding hydrogens is 158 g/mol. The third-order valence-corrected chi connectivity index (χ3v) is 2.88. The van der Waals surface area contributed by atoms with Crippen molar-refractivity contribution in [3.8, 4) is 0 Å². The maximum atomic E-state index is 10.8. The molecule has 2 N–H and O–H groups in total. The first kappa shape index (κ1) is 6.85. The van der Waals surface area contributed by atoms with Crippen molar-refractivity contribution in [2.24, 2.45) is 5.73 Å². The predicted molar refractivity (Wildman–Crippen MR) is 44.8 cm³/mol. The second-order valence-corrected chi connectivity index (χ2v) is 3.76. The van der Waals surface area contributed by atoms with E-state index in [1.54, 1.807) is 0 Å². The minimum Gasteiger partial charge on any atom is -0.365 e. The summed E-state index contributed by atoms with van der Waals surface area (Å²) in [5.74, 6) is 0.352. The van der Waals surface area contributed by atoms with E-state index in [-0.39, 0.29) is 5.91 Å². The maximum absolute atomic E-state index is 10.8. The number of thiophene rings is 1. The summed E-state index contributed by atoms with van der Waals surface area (Å²) in [6.45, 7) is 0. The lowest BCUT2D eigenvalue weighted by Gasteiger charge is -1.94. The molecule has 2 rings (SSSR count). The topological polar surface area (TPSA) is 43.1 Å².